The summed E-state index contributed by atoms with van der Waals surface area (Å²) in [6.07, 6.45) is 5.00. The Morgan fingerprint density at radius 2 is 2.12 bits per heavy atom. The first-order chi connectivity index (χ1) is 8.20. The van der Waals surface area contributed by atoms with Gasteiger partial charge in [-0.3, -0.25) is 14.5 Å². The van der Waals surface area contributed by atoms with Crippen molar-refractivity contribution < 1.29 is 13.6 Å². The van der Waals surface area contributed by atoms with Crippen LogP contribution in [0.15, 0.2) is 29.5 Å². The minimum Gasteiger partial charge on any atom is -0.308 e. The molecule has 0 atom stereocenters. The smallest absolute Gasteiger partial charge is 0.308 e. The molecule has 6 heteroatoms. The molecule has 0 aromatic carbocycles. The second-order valence-electron chi connectivity index (χ2n) is 3.19. The predicted molar refractivity (Wildman–Crippen MR) is 67.6 cm³/mol. The number of aliphatic imine (C=N–C) groups is 1. The summed E-state index contributed by atoms with van der Waals surface area (Å²) in [5.74, 6) is 0. The van der Waals surface area contributed by atoms with Crippen LogP contribution in [0.4, 0.5) is 0 Å². The Morgan fingerprint density at radius 1 is 1.41 bits per heavy atom. The van der Waals surface area contributed by atoms with E-state index in [1.165, 1.54) is 0 Å². The van der Waals surface area contributed by atoms with E-state index in [1.807, 2.05) is 12.1 Å². The summed E-state index contributed by atoms with van der Waals surface area (Å²) in [4.78, 5) is 8.02. The van der Waals surface area contributed by atoms with Gasteiger partial charge in [-0.05, 0) is 19.9 Å². The highest BCUT2D eigenvalue weighted by molar-refractivity contribution is 7.53. The third-order valence-electron chi connectivity index (χ3n) is 1.83. The van der Waals surface area contributed by atoms with Gasteiger partial charge >= 0.3 is 7.60 Å². The largest absolute Gasteiger partial charge is 0.351 e. The van der Waals surface area contributed by atoms with Gasteiger partial charge in [0.05, 0.1) is 13.2 Å². The first-order valence-corrected chi connectivity index (χ1v) is 7.21. The van der Waals surface area contributed by atoms with Crippen LogP contribution in [0.25, 0.3) is 0 Å². The maximum absolute atomic E-state index is 12.0. The van der Waals surface area contributed by atoms with Gasteiger partial charge in [0.2, 0.25) is 0 Å². The summed E-state index contributed by atoms with van der Waals surface area (Å²) in [6, 6.07) is 3.68. The Bertz CT molecular complexity index is 385. The van der Waals surface area contributed by atoms with Gasteiger partial charge in [-0.15, -0.1) is 0 Å². The predicted octanol–water partition coefficient (Wildman–Crippen LogP) is 2.72. The highest BCUT2D eigenvalue weighted by Gasteiger charge is 2.22. The zero-order valence-electron chi connectivity index (χ0n) is 10.1. The lowest BCUT2D eigenvalue weighted by atomic mass is 10.3. The fourth-order valence-corrected chi connectivity index (χ4v) is 2.52. The van der Waals surface area contributed by atoms with E-state index in [9.17, 15) is 4.57 Å². The molecule has 0 amide bonds. The maximum atomic E-state index is 12.0. The van der Waals surface area contributed by atoms with Crippen LogP contribution in [0.1, 0.15) is 19.4 Å². The summed E-state index contributed by atoms with van der Waals surface area (Å²) in [7, 11) is -3.07. The summed E-state index contributed by atoms with van der Waals surface area (Å²) in [6.45, 7) is 4.24. The maximum Gasteiger partial charge on any atom is 0.351 e. The van der Waals surface area contributed by atoms with Gasteiger partial charge in [0.15, 0.2) is 0 Å². The van der Waals surface area contributed by atoms with E-state index < -0.39 is 7.60 Å². The standard InChI is InChI=1S/C11H17N2O3P/c1-3-15-17(14,16-4-2)10-13-9-11-6-5-7-12-8-11/h5-9H,3-4,10H2,1-2H3/b13-9+. The Hall–Kier alpha value is -1.03. The highest BCUT2D eigenvalue weighted by atomic mass is 31.2. The fraction of sp³-hybridized carbons (Fsp3) is 0.455. The molecule has 0 N–H and O–H groups in total. The molecule has 1 rings (SSSR count). The van der Waals surface area contributed by atoms with E-state index >= 15 is 0 Å². The fourth-order valence-electron chi connectivity index (χ4n) is 1.21. The van der Waals surface area contributed by atoms with Crippen LogP contribution in [-0.2, 0) is 13.6 Å². The van der Waals surface area contributed by atoms with Crippen LogP contribution in [0.3, 0.4) is 0 Å². The van der Waals surface area contributed by atoms with Crippen LogP contribution in [0, 0.1) is 0 Å². The first kappa shape index (κ1) is 14.0. The lowest BCUT2D eigenvalue weighted by Gasteiger charge is -2.14. The topological polar surface area (TPSA) is 60.8 Å². The monoisotopic (exact) mass is 256 g/mol. The second kappa shape index (κ2) is 7.33. The normalized spacial score (nSPS) is 12.1. The molecular weight excluding hydrogens is 239 g/mol. The lowest BCUT2D eigenvalue weighted by Crippen LogP contribution is -1.99. The third-order valence-corrected chi connectivity index (χ3v) is 3.64. The van der Waals surface area contributed by atoms with Crippen molar-refractivity contribution in [2.24, 2.45) is 4.99 Å². The van der Waals surface area contributed by atoms with Crippen LogP contribution < -0.4 is 0 Å². The number of nitrogens with zero attached hydrogens (tertiary/aromatic N) is 2. The first-order valence-electron chi connectivity index (χ1n) is 5.48. The van der Waals surface area contributed by atoms with Crippen molar-refractivity contribution >= 4 is 13.8 Å². The summed E-state index contributed by atoms with van der Waals surface area (Å²) in [5.41, 5.74) is 0.854. The Balaban J connectivity index is 2.58. The van der Waals surface area contributed by atoms with Crippen molar-refractivity contribution in [3.8, 4) is 0 Å². The quantitative estimate of drug-likeness (QED) is 0.556. The molecule has 0 fully saturated rings. The average Bonchev–Trinajstić information content (AvgIpc) is 2.31. The van der Waals surface area contributed by atoms with E-state index in [-0.39, 0.29) is 6.29 Å². The molecule has 0 aliphatic rings. The highest BCUT2D eigenvalue weighted by Crippen LogP contribution is 2.47. The van der Waals surface area contributed by atoms with Crippen molar-refractivity contribution in [2.75, 3.05) is 19.5 Å². The lowest BCUT2D eigenvalue weighted by molar-refractivity contribution is 0.221. The van der Waals surface area contributed by atoms with Crippen molar-refractivity contribution in [1.29, 1.82) is 0 Å². The van der Waals surface area contributed by atoms with Crippen molar-refractivity contribution in [2.45, 2.75) is 13.8 Å². The van der Waals surface area contributed by atoms with E-state index in [0.29, 0.717) is 13.2 Å². The van der Waals surface area contributed by atoms with Crippen molar-refractivity contribution in [3.63, 3.8) is 0 Å². The zero-order chi connectivity index (χ0) is 12.6. The van der Waals surface area contributed by atoms with Crippen LogP contribution in [-0.4, -0.2) is 30.7 Å². The molecule has 94 valence electrons. The molecule has 0 saturated heterocycles. The molecule has 1 aromatic rings. The molecule has 0 aliphatic heterocycles. The van der Waals surface area contributed by atoms with Crippen molar-refractivity contribution in [1.82, 2.24) is 4.98 Å². The molecule has 17 heavy (non-hydrogen) atoms. The molecule has 0 radical (unpaired) electrons. The van der Waals surface area contributed by atoms with Gasteiger partial charge < -0.3 is 9.05 Å². The van der Waals surface area contributed by atoms with E-state index in [0.717, 1.165) is 5.56 Å². The van der Waals surface area contributed by atoms with Crippen LogP contribution in [0.5, 0.6) is 0 Å². The Labute approximate surface area is 101 Å². The second-order valence-corrected chi connectivity index (χ2v) is 5.21. The number of rotatable bonds is 7. The third kappa shape index (κ3) is 5.22. The SMILES string of the molecule is CCOP(=O)(C/N=C/c1cccnc1)OCC. The van der Waals surface area contributed by atoms with E-state index in [1.54, 1.807) is 32.5 Å². The van der Waals surface area contributed by atoms with Gasteiger partial charge in [-0.1, -0.05) is 6.07 Å². The molecule has 0 spiro atoms. The molecular formula is C11H17N2O3P. The van der Waals surface area contributed by atoms with Crippen molar-refractivity contribution in [3.05, 3.63) is 30.1 Å². The molecule has 1 aromatic heterocycles. The number of pyridine rings is 1. The Kier molecular flexibility index (Phi) is 6.05. The molecule has 5 nitrogen and oxygen atoms in total. The van der Waals surface area contributed by atoms with Gasteiger partial charge in [0.25, 0.3) is 0 Å². The van der Waals surface area contributed by atoms with Gasteiger partial charge in [0, 0.05) is 24.2 Å². The number of aromatic nitrogens is 1. The minimum absolute atomic E-state index is 0.0313. The van der Waals surface area contributed by atoms with Gasteiger partial charge in [-0.25, -0.2) is 0 Å². The van der Waals surface area contributed by atoms with Crippen LogP contribution >= 0.6 is 7.60 Å². The molecule has 0 aliphatic carbocycles. The Morgan fingerprint density at radius 3 is 2.65 bits per heavy atom. The van der Waals surface area contributed by atoms with E-state index in [4.69, 9.17) is 9.05 Å². The van der Waals surface area contributed by atoms with Gasteiger partial charge in [0.1, 0.15) is 6.29 Å². The zero-order valence-corrected chi connectivity index (χ0v) is 11.0. The molecule has 0 unspecified atom stereocenters. The summed E-state index contributed by atoms with van der Waals surface area (Å²) in [5, 5.41) is 0. The summed E-state index contributed by atoms with van der Waals surface area (Å²) >= 11 is 0. The minimum atomic E-state index is -3.07. The average molecular weight is 256 g/mol. The molecule has 1 heterocycles. The summed E-state index contributed by atoms with van der Waals surface area (Å²) < 4.78 is 22.3. The molecule has 0 saturated carbocycles. The number of hydrogen-bond donors (Lipinski definition) is 0. The van der Waals surface area contributed by atoms with Crippen LogP contribution in [0.2, 0.25) is 0 Å². The molecule has 0 bridgehead atoms. The number of hydrogen-bond acceptors (Lipinski definition) is 5. The van der Waals surface area contributed by atoms with Gasteiger partial charge in [-0.2, -0.15) is 0 Å². The van der Waals surface area contributed by atoms with E-state index in [2.05, 4.69) is 9.98 Å².